The predicted molar refractivity (Wildman–Crippen MR) is 63.8 cm³/mol. The number of likely N-dealkylation sites (N-methyl/N-ethyl adjacent to an activating group) is 1. The third-order valence-corrected chi connectivity index (χ3v) is 2.42. The lowest BCUT2D eigenvalue weighted by Gasteiger charge is -2.17. The molecule has 0 radical (unpaired) electrons. The molecule has 1 aromatic carbocycles. The van der Waals surface area contributed by atoms with Crippen molar-refractivity contribution in [2.24, 2.45) is 0 Å². The highest BCUT2D eigenvalue weighted by atomic mass is 16.5. The molecular formula is C12H20N2O. The minimum Gasteiger partial charge on any atom is -0.398 e. The molecule has 1 aromatic rings. The van der Waals surface area contributed by atoms with E-state index in [4.69, 9.17) is 10.5 Å². The smallest absolute Gasteiger partial charge is 0.0589 e. The molecule has 0 aliphatic heterocycles. The monoisotopic (exact) mass is 208 g/mol. The average molecular weight is 208 g/mol. The number of hydrogen-bond acceptors (Lipinski definition) is 3. The Bertz CT molecular complexity index is 312. The van der Waals surface area contributed by atoms with E-state index < -0.39 is 0 Å². The Labute approximate surface area is 91.8 Å². The number of benzene rings is 1. The zero-order chi connectivity index (χ0) is 11.3. The molecule has 0 unspecified atom stereocenters. The van der Waals surface area contributed by atoms with E-state index in [1.165, 1.54) is 11.1 Å². The Morgan fingerprint density at radius 1 is 1.40 bits per heavy atom. The third kappa shape index (κ3) is 3.90. The van der Waals surface area contributed by atoms with Crippen molar-refractivity contribution in [3.63, 3.8) is 0 Å². The minimum atomic E-state index is 0.752. The van der Waals surface area contributed by atoms with Crippen LogP contribution in [0.25, 0.3) is 0 Å². The van der Waals surface area contributed by atoms with E-state index in [1.807, 2.05) is 12.1 Å². The van der Waals surface area contributed by atoms with Gasteiger partial charge in [-0.2, -0.15) is 0 Å². The standard InChI is InChI=1S/C12H20N2O/c1-10-4-5-12(13)11(8-10)9-14(2)6-7-15-3/h4-5,8H,6-7,9,13H2,1-3H3. The number of rotatable bonds is 5. The van der Waals surface area contributed by atoms with E-state index >= 15 is 0 Å². The van der Waals surface area contributed by atoms with E-state index in [0.717, 1.165) is 25.4 Å². The number of ether oxygens (including phenoxy) is 1. The summed E-state index contributed by atoms with van der Waals surface area (Å²) in [6.45, 7) is 4.63. The van der Waals surface area contributed by atoms with Crippen molar-refractivity contribution in [1.82, 2.24) is 4.90 Å². The molecule has 0 spiro atoms. The molecule has 0 saturated heterocycles. The highest BCUT2D eigenvalue weighted by molar-refractivity contribution is 5.48. The van der Waals surface area contributed by atoms with Crippen molar-refractivity contribution >= 4 is 5.69 Å². The van der Waals surface area contributed by atoms with Crippen LogP contribution >= 0.6 is 0 Å². The Hall–Kier alpha value is -1.06. The number of methoxy groups -OCH3 is 1. The molecule has 0 aliphatic rings. The predicted octanol–water partition coefficient (Wildman–Crippen LogP) is 1.66. The van der Waals surface area contributed by atoms with Crippen LogP contribution in [0.5, 0.6) is 0 Å². The van der Waals surface area contributed by atoms with Crippen molar-refractivity contribution in [3.8, 4) is 0 Å². The van der Waals surface area contributed by atoms with Gasteiger partial charge in [-0.1, -0.05) is 17.7 Å². The molecule has 15 heavy (non-hydrogen) atoms. The topological polar surface area (TPSA) is 38.5 Å². The van der Waals surface area contributed by atoms with Crippen LogP contribution in [0.1, 0.15) is 11.1 Å². The number of nitrogens with two attached hydrogens (primary N) is 1. The second-order valence-electron chi connectivity index (χ2n) is 3.93. The van der Waals surface area contributed by atoms with E-state index in [1.54, 1.807) is 7.11 Å². The summed E-state index contributed by atoms with van der Waals surface area (Å²) >= 11 is 0. The van der Waals surface area contributed by atoms with Gasteiger partial charge >= 0.3 is 0 Å². The fraction of sp³-hybridized carbons (Fsp3) is 0.500. The summed E-state index contributed by atoms with van der Waals surface area (Å²) < 4.78 is 5.03. The zero-order valence-electron chi connectivity index (χ0n) is 9.79. The minimum absolute atomic E-state index is 0.752. The number of nitrogens with zero attached hydrogens (tertiary/aromatic N) is 1. The van der Waals surface area contributed by atoms with Gasteiger partial charge in [0.25, 0.3) is 0 Å². The van der Waals surface area contributed by atoms with Gasteiger partial charge in [0.15, 0.2) is 0 Å². The first kappa shape index (κ1) is 12.0. The third-order valence-electron chi connectivity index (χ3n) is 2.42. The summed E-state index contributed by atoms with van der Waals surface area (Å²) in [5.41, 5.74) is 9.21. The molecule has 0 amide bonds. The van der Waals surface area contributed by atoms with Crippen LogP contribution in [0.2, 0.25) is 0 Å². The molecule has 84 valence electrons. The largest absolute Gasteiger partial charge is 0.398 e. The van der Waals surface area contributed by atoms with Gasteiger partial charge in [0, 0.05) is 25.9 Å². The maximum absolute atomic E-state index is 5.91. The van der Waals surface area contributed by atoms with Crippen molar-refractivity contribution in [1.29, 1.82) is 0 Å². The normalized spacial score (nSPS) is 10.9. The number of anilines is 1. The Morgan fingerprint density at radius 2 is 2.13 bits per heavy atom. The first-order valence-electron chi connectivity index (χ1n) is 5.16. The zero-order valence-corrected chi connectivity index (χ0v) is 9.79. The summed E-state index contributed by atoms with van der Waals surface area (Å²) in [4.78, 5) is 2.20. The Kier molecular flexibility index (Phi) is 4.59. The lowest BCUT2D eigenvalue weighted by atomic mass is 10.1. The molecule has 0 saturated carbocycles. The van der Waals surface area contributed by atoms with Crippen LogP contribution in [0, 0.1) is 6.92 Å². The first-order chi connectivity index (χ1) is 7.13. The summed E-state index contributed by atoms with van der Waals surface area (Å²) in [6, 6.07) is 6.14. The Balaban J connectivity index is 2.59. The maximum atomic E-state index is 5.91. The second kappa shape index (κ2) is 5.73. The van der Waals surface area contributed by atoms with E-state index in [0.29, 0.717) is 0 Å². The van der Waals surface area contributed by atoms with Crippen molar-refractivity contribution in [2.75, 3.05) is 33.0 Å². The van der Waals surface area contributed by atoms with Crippen molar-refractivity contribution < 1.29 is 4.74 Å². The fourth-order valence-electron chi connectivity index (χ4n) is 1.49. The first-order valence-corrected chi connectivity index (χ1v) is 5.16. The van der Waals surface area contributed by atoms with Crippen LogP contribution in [0.15, 0.2) is 18.2 Å². The summed E-state index contributed by atoms with van der Waals surface area (Å²) in [5, 5.41) is 0. The summed E-state index contributed by atoms with van der Waals surface area (Å²) in [6.07, 6.45) is 0. The lowest BCUT2D eigenvalue weighted by Crippen LogP contribution is -2.22. The molecule has 0 aliphatic carbocycles. The molecule has 0 fully saturated rings. The number of aryl methyl sites for hydroxylation is 1. The second-order valence-corrected chi connectivity index (χ2v) is 3.93. The highest BCUT2D eigenvalue weighted by Crippen LogP contribution is 2.15. The van der Waals surface area contributed by atoms with E-state index in [9.17, 15) is 0 Å². The molecular weight excluding hydrogens is 188 g/mol. The van der Waals surface area contributed by atoms with Gasteiger partial charge in [-0.3, -0.25) is 4.90 Å². The Morgan fingerprint density at radius 3 is 2.80 bits per heavy atom. The van der Waals surface area contributed by atoms with Gasteiger partial charge in [-0.15, -0.1) is 0 Å². The lowest BCUT2D eigenvalue weighted by molar-refractivity contribution is 0.159. The SMILES string of the molecule is COCCN(C)Cc1cc(C)ccc1N. The molecule has 2 N–H and O–H groups in total. The quantitative estimate of drug-likeness (QED) is 0.748. The maximum Gasteiger partial charge on any atom is 0.0589 e. The van der Waals surface area contributed by atoms with E-state index in [-0.39, 0.29) is 0 Å². The van der Waals surface area contributed by atoms with Gasteiger partial charge in [-0.05, 0) is 25.6 Å². The molecule has 0 bridgehead atoms. The fourth-order valence-corrected chi connectivity index (χ4v) is 1.49. The molecule has 0 atom stereocenters. The van der Waals surface area contributed by atoms with Crippen LogP contribution in [0.3, 0.4) is 0 Å². The van der Waals surface area contributed by atoms with Gasteiger partial charge in [-0.25, -0.2) is 0 Å². The van der Waals surface area contributed by atoms with Crippen LogP contribution < -0.4 is 5.73 Å². The molecule has 3 heteroatoms. The van der Waals surface area contributed by atoms with Gasteiger partial charge < -0.3 is 10.5 Å². The molecule has 0 aromatic heterocycles. The van der Waals surface area contributed by atoms with Gasteiger partial charge in [0.05, 0.1) is 6.61 Å². The summed E-state index contributed by atoms with van der Waals surface area (Å²) in [7, 11) is 3.79. The molecule has 0 heterocycles. The molecule has 1 rings (SSSR count). The van der Waals surface area contributed by atoms with Crippen LogP contribution in [-0.4, -0.2) is 32.2 Å². The van der Waals surface area contributed by atoms with Crippen LogP contribution in [-0.2, 0) is 11.3 Å². The van der Waals surface area contributed by atoms with Gasteiger partial charge in [0.2, 0.25) is 0 Å². The van der Waals surface area contributed by atoms with Crippen molar-refractivity contribution in [2.45, 2.75) is 13.5 Å². The summed E-state index contributed by atoms with van der Waals surface area (Å²) in [5.74, 6) is 0. The van der Waals surface area contributed by atoms with Gasteiger partial charge in [0.1, 0.15) is 0 Å². The van der Waals surface area contributed by atoms with E-state index in [2.05, 4.69) is 24.9 Å². The molecule has 3 nitrogen and oxygen atoms in total. The van der Waals surface area contributed by atoms with Crippen LogP contribution in [0.4, 0.5) is 5.69 Å². The average Bonchev–Trinajstić information content (AvgIpc) is 2.20. The number of hydrogen-bond donors (Lipinski definition) is 1. The highest BCUT2D eigenvalue weighted by Gasteiger charge is 2.03. The van der Waals surface area contributed by atoms with Crippen molar-refractivity contribution in [3.05, 3.63) is 29.3 Å². The number of nitrogen functional groups attached to an aromatic ring is 1.